The number of amides is 2. The zero-order valence-electron chi connectivity index (χ0n) is 16.1. The molecule has 3 aromatic rings. The minimum Gasteiger partial charge on any atom is -0.348 e. The largest absolute Gasteiger partial charge is 0.348 e. The zero-order valence-corrected chi connectivity index (χ0v) is 16.1. The van der Waals surface area contributed by atoms with Crippen LogP contribution in [0.1, 0.15) is 42.6 Å². The summed E-state index contributed by atoms with van der Waals surface area (Å²) in [5, 5.41) is 7.32. The molecule has 7 nitrogen and oxygen atoms in total. The summed E-state index contributed by atoms with van der Waals surface area (Å²) in [6, 6.07) is 13.6. The standard InChI is InChI=1S/C22H23N5O2/c28-20(18-15-23-19-7-4-13-24-27(18)19)25-16-8-10-22(11-9-16)12-14-26(21(22)29)17-5-2-1-3-6-17/h1-7,13,15-16H,8-12,14H2,(H,25,28)/t16-,22-. The van der Waals surface area contributed by atoms with Crippen LogP contribution in [0.3, 0.4) is 0 Å². The number of hydrogen-bond donors (Lipinski definition) is 1. The minimum absolute atomic E-state index is 0.0703. The number of fused-ring (bicyclic) bond motifs is 1. The molecule has 1 saturated carbocycles. The predicted molar refractivity (Wildman–Crippen MR) is 109 cm³/mol. The molecule has 0 unspecified atom stereocenters. The van der Waals surface area contributed by atoms with Crippen molar-refractivity contribution in [3.63, 3.8) is 0 Å². The third-order valence-corrected chi connectivity index (χ3v) is 6.37. The topological polar surface area (TPSA) is 79.6 Å². The van der Waals surface area contributed by atoms with Crippen LogP contribution in [-0.4, -0.2) is 39.0 Å². The maximum Gasteiger partial charge on any atom is 0.271 e. The molecular weight excluding hydrogens is 366 g/mol. The van der Waals surface area contributed by atoms with Gasteiger partial charge in [-0.25, -0.2) is 9.50 Å². The van der Waals surface area contributed by atoms with Gasteiger partial charge in [0.2, 0.25) is 5.91 Å². The Bertz CT molecular complexity index is 1050. The fourth-order valence-electron chi connectivity index (χ4n) is 4.70. The molecule has 1 N–H and O–H groups in total. The van der Waals surface area contributed by atoms with E-state index in [0.29, 0.717) is 11.3 Å². The second-order valence-corrected chi connectivity index (χ2v) is 8.01. The number of benzene rings is 1. The molecular formula is C22H23N5O2. The Labute approximate surface area is 168 Å². The summed E-state index contributed by atoms with van der Waals surface area (Å²) < 4.78 is 1.55. The molecule has 0 radical (unpaired) electrons. The lowest BCUT2D eigenvalue weighted by Gasteiger charge is -2.36. The quantitative estimate of drug-likeness (QED) is 0.747. The first-order chi connectivity index (χ1) is 14.2. The Hall–Kier alpha value is -3.22. The molecule has 1 aromatic carbocycles. The first-order valence-corrected chi connectivity index (χ1v) is 10.1. The van der Waals surface area contributed by atoms with Crippen LogP contribution in [0.15, 0.2) is 54.9 Å². The first kappa shape index (κ1) is 17.8. The molecule has 7 heteroatoms. The van der Waals surface area contributed by atoms with E-state index < -0.39 is 0 Å². The van der Waals surface area contributed by atoms with Crippen LogP contribution in [0.25, 0.3) is 5.65 Å². The number of aromatic nitrogens is 3. The second kappa shape index (κ2) is 6.99. The second-order valence-electron chi connectivity index (χ2n) is 8.01. The molecule has 5 rings (SSSR count). The SMILES string of the molecule is O=C(N[C@H]1CC[C@@]2(CCN(c3ccccc3)C2=O)CC1)c1cnc2cccnn12. The highest BCUT2D eigenvalue weighted by Gasteiger charge is 2.48. The van der Waals surface area contributed by atoms with E-state index in [1.54, 1.807) is 23.0 Å². The Kier molecular flexibility index (Phi) is 4.30. The molecule has 2 amide bonds. The van der Waals surface area contributed by atoms with Gasteiger partial charge in [-0.05, 0) is 56.4 Å². The number of rotatable bonds is 3. The van der Waals surface area contributed by atoms with E-state index in [-0.39, 0.29) is 23.3 Å². The van der Waals surface area contributed by atoms with Gasteiger partial charge in [0.05, 0.1) is 11.6 Å². The van der Waals surface area contributed by atoms with E-state index in [4.69, 9.17) is 0 Å². The van der Waals surface area contributed by atoms with Crippen molar-refractivity contribution in [2.24, 2.45) is 5.41 Å². The lowest BCUT2D eigenvalue weighted by molar-refractivity contribution is -0.127. The van der Waals surface area contributed by atoms with Gasteiger partial charge in [-0.15, -0.1) is 0 Å². The van der Waals surface area contributed by atoms with Crippen LogP contribution in [0.4, 0.5) is 5.69 Å². The summed E-state index contributed by atoms with van der Waals surface area (Å²) in [7, 11) is 0. The highest BCUT2D eigenvalue weighted by molar-refractivity contribution is 6.00. The summed E-state index contributed by atoms with van der Waals surface area (Å²) >= 11 is 0. The Morgan fingerprint density at radius 3 is 2.66 bits per heavy atom. The van der Waals surface area contributed by atoms with Gasteiger partial charge in [0.25, 0.3) is 5.91 Å². The summed E-state index contributed by atoms with van der Waals surface area (Å²) in [6.45, 7) is 0.771. The van der Waals surface area contributed by atoms with Crippen molar-refractivity contribution in [2.75, 3.05) is 11.4 Å². The third kappa shape index (κ3) is 3.06. The summed E-state index contributed by atoms with van der Waals surface area (Å²) in [4.78, 5) is 32.0. The Balaban J connectivity index is 1.24. The van der Waals surface area contributed by atoms with Crippen LogP contribution in [0.2, 0.25) is 0 Å². The third-order valence-electron chi connectivity index (χ3n) is 6.37. The van der Waals surface area contributed by atoms with Crippen LogP contribution in [0, 0.1) is 5.41 Å². The maximum atomic E-state index is 13.2. The Morgan fingerprint density at radius 2 is 1.86 bits per heavy atom. The molecule has 2 aliphatic rings. The average molecular weight is 389 g/mol. The van der Waals surface area contributed by atoms with E-state index in [1.165, 1.54) is 0 Å². The van der Waals surface area contributed by atoms with Crippen molar-refractivity contribution in [1.29, 1.82) is 0 Å². The molecule has 2 fully saturated rings. The van der Waals surface area contributed by atoms with Crippen LogP contribution in [-0.2, 0) is 4.79 Å². The van der Waals surface area contributed by atoms with Crippen LogP contribution in [0.5, 0.6) is 0 Å². The van der Waals surface area contributed by atoms with Crippen molar-refractivity contribution in [3.05, 3.63) is 60.6 Å². The molecule has 1 aliphatic carbocycles. The fraction of sp³-hybridized carbons (Fsp3) is 0.364. The van der Waals surface area contributed by atoms with Crippen molar-refractivity contribution in [1.82, 2.24) is 19.9 Å². The molecule has 1 aliphatic heterocycles. The molecule has 2 aromatic heterocycles. The molecule has 1 saturated heterocycles. The van der Waals surface area contributed by atoms with Crippen LogP contribution < -0.4 is 10.2 Å². The number of carbonyl (C=O) groups is 2. The zero-order chi connectivity index (χ0) is 19.8. The minimum atomic E-state index is -0.276. The molecule has 29 heavy (non-hydrogen) atoms. The van der Waals surface area contributed by atoms with E-state index in [0.717, 1.165) is 44.3 Å². The predicted octanol–water partition coefficient (Wildman–Crippen LogP) is 2.83. The summed E-state index contributed by atoms with van der Waals surface area (Å²) in [5.74, 6) is 0.0697. The highest BCUT2D eigenvalue weighted by atomic mass is 16.2. The number of carbonyl (C=O) groups excluding carboxylic acids is 2. The van der Waals surface area contributed by atoms with Gasteiger partial charge in [0.1, 0.15) is 5.69 Å². The van der Waals surface area contributed by atoms with Crippen molar-refractivity contribution >= 4 is 23.1 Å². The van der Waals surface area contributed by atoms with E-state index >= 15 is 0 Å². The van der Waals surface area contributed by atoms with Gasteiger partial charge >= 0.3 is 0 Å². The number of nitrogens with zero attached hydrogens (tertiary/aromatic N) is 4. The van der Waals surface area contributed by atoms with Crippen molar-refractivity contribution in [2.45, 2.75) is 38.1 Å². The Morgan fingerprint density at radius 1 is 1.07 bits per heavy atom. The lowest BCUT2D eigenvalue weighted by atomic mass is 9.71. The van der Waals surface area contributed by atoms with Crippen molar-refractivity contribution < 1.29 is 9.59 Å². The fourth-order valence-corrected chi connectivity index (χ4v) is 4.70. The molecule has 0 atom stereocenters. The number of imidazole rings is 1. The normalized spacial score (nSPS) is 24.3. The highest BCUT2D eigenvalue weighted by Crippen LogP contribution is 2.46. The van der Waals surface area contributed by atoms with E-state index in [1.807, 2.05) is 41.3 Å². The molecule has 1 spiro atoms. The number of hydrogen-bond acceptors (Lipinski definition) is 4. The van der Waals surface area contributed by atoms with Gasteiger partial charge in [-0.3, -0.25) is 9.59 Å². The van der Waals surface area contributed by atoms with E-state index in [9.17, 15) is 9.59 Å². The van der Waals surface area contributed by atoms with Gasteiger partial charge < -0.3 is 10.2 Å². The van der Waals surface area contributed by atoms with Gasteiger partial charge in [0.15, 0.2) is 5.65 Å². The number of anilines is 1. The van der Waals surface area contributed by atoms with E-state index in [2.05, 4.69) is 15.4 Å². The van der Waals surface area contributed by atoms with Gasteiger partial charge in [-0.1, -0.05) is 18.2 Å². The average Bonchev–Trinajstić information content (AvgIpc) is 3.33. The van der Waals surface area contributed by atoms with Crippen molar-refractivity contribution in [3.8, 4) is 0 Å². The summed E-state index contributed by atoms with van der Waals surface area (Å²) in [6.07, 6.45) is 7.32. The summed E-state index contributed by atoms with van der Waals surface area (Å²) in [5.41, 5.74) is 1.79. The van der Waals surface area contributed by atoms with Gasteiger partial charge in [-0.2, -0.15) is 5.10 Å². The molecule has 148 valence electrons. The maximum absolute atomic E-state index is 13.2. The molecule has 3 heterocycles. The smallest absolute Gasteiger partial charge is 0.271 e. The first-order valence-electron chi connectivity index (χ1n) is 10.1. The molecule has 0 bridgehead atoms. The lowest BCUT2D eigenvalue weighted by Crippen LogP contribution is -2.44. The van der Waals surface area contributed by atoms with Gasteiger partial charge in [0, 0.05) is 24.5 Å². The number of para-hydroxylation sites is 1. The number of nitrogens with one attached hydrogen (secondary N) is 1. The monoisotopic (exact) mass is 389 g/mol. The van der Waals surface area contributed by atoms with Crippen LogP contribution >= 0.6 is 0 Å².